The Bertz CT molecular complexity index is 399. The second-order valence-electron chi connectivity index (χ2n) is 3.00. The summed E-state index contributed by atoms with van der Waals surface area (Å²) in [5.41, 5.74) is 0.128. The van der Waals surface area contributed by atoms with Crippen molar-refractivity contribution in [1.82, 2.24) is 15.0 Å². The molecule has 1 unspecified atom stereocenters. The lowest BCUT2D eigenvalue weighted by Crippen LogP contribution is -2.19. The van der Waals surface area contributed by atoms with Gasteiger partial charge in [0.25, 0.3) is 0 Å². The molecule has 1 heterocycles. The number of carboxylic acids is 2. The minimum atomic E-state index is -1.20. The number of hydrogen-bond donors (Lipinski definition) is 2. The van der Waals surface area contributed by atoms with Crippen LogP contribution in [0.2, 0.25) is 0 Å². The number of aliphatic carboxylic acids is 1. The van der Waals surface area contributed by atoms with E-state index < -0.39 is 18.0 Å². The SMILES string of the molecule is CCc1c(C(=O)O)nnn1C(C)C(=O)O. The molecule has 0 radical (unpaired) electrons. The van der Waals surface area contributed by atoms with Crippen molar-refractivity contribution < 1.29 is 19.8 Å². The van der Waals surface area contributed by atoms with Crippen LogP contribution in [0.25, 0.3) is 0 Å². The van der Waals surface area contributed by atoms with Crippen LogP contribution in [0.4, 0.5) is 0 Å². The van der Waals surface area contributed by atoms with Crippen LogP contribution < -0.4 is 0 Å². The first-order valence-corrected chi connectivity index (χ1v) is 4.39. The van der Waals surface area contributed by atoms with Gasteiger partial charge in [-0.1, -0.05) is 12.1 Å². The van der Waals surface area contributed by atoms with E-state index in [1.807, 2.05) is 0 Å². The Balaban J connectivity index is 3.20. The summed E-state index contributed by atoms with van der Waals surface area (Å²) < 4.78 is 1.12. The van der Waals surface area contributed by atoms with Crippen molar-refractivity contribution in [1.29, 1.82) is 0 Å². The molecule has 7 heteroatoms. The molecule has 82 valence electrons. The molecule has 15 heavy (non-hydrogen) atoms. The van der Waals surface area contributed by atoms with Gasteiger partial charge in [0.1, 0.15) is 6.04 Å². The molecule has 1 rings (SSSR count). The molecule has 0 aromatic carbocycles. The Kier molecular flexibility index (Phi) is 3.03. The van der Waals surface area contributed by atoms with Gasteiger partial charge in [0, 0.05) is 0 Å². The predicted molar refractivity (Wildman–Crippen MR) is 48.7 cm³/mol. The van der Waals surface area contributed by atoms with Gasteiger partial charge >= 0.3 is 11.9 Å². The van der Waals surface area contributed by atoms with E-state index in [9.17, 15) is 9.59 Å². The molecule has 1 aromatic heterocycles. The summed E-state index contributed by atoms with van der Waals surface area (Å²) in [6.07, 6.45) is 0.367. The second-order valence-corrected chi connectivity index (χ2v) is 3.00. The van der Waals surface area contributed by atoms with Crippen LogP contribution in [0.1, 0.15) is 36.1 Å². The highest BCUT2D eigenvalue weighted by atomic mass is 16.4. The summed E-state index contributed by atoms with van der Waals surface area (Å²) in [7, 11) is 0. The van der Waals surface area contributed by atoms with Crippen LogP contribution >= 0.6 is 0 Å². The molecule has 1 atom stereocenters. The van der Waals surface area contributed by atoms with Gasteiger partial charge in [-0.2, -0.15) is 0 Å². The third-order valence-electron chi connectivity index (χ3n) is 2.05. The first-order valence-electron chi connectivity index (χ1n) is 4.39. The van der Waals surface area contributed by atoms with Crippen molar-refractivity contribution in [3.05, 3.63) is 11.4 Å². The molecule has 0 amide bonds. The Morgan fingerprint density at radius 3 is 2.47 bits per heavy atom. The third-order valence-corrected chi connectivity index (χ3v) is 2.05. The number of aromatic nitrogens is 3. The molecular formula is C8H11N3O4. The molecule has 7 nitrogen and oxygen atoms in total. The normalized spacial score (nSPS) is 12.4. The highest BCUT2D eigenvalue weighted by molar-refractivity contribution is 5.86. The Morgan fingerprint density at radius 2 is 2.07 bits per heavy atom. The monoisotopic (exact) mass is 213 g/mol. The zero-order valence-corrected chi connectivity index (χ0v) is 8.34. The predicted octanol–water partition coefficient (Wildman–Crippen LogP) is 0.184. The highest BCUT2D eigenvalue weighted by Gasteiger charge is 2.23. The van der Waals surface area contributed by atoms with Crippen LogP contribution in [0.3, 0.4) is 0 Å². The lowest BCUT2D eigenvalue weighted by atomic mass is 10.2. The van der Waals surface area contributed by atoms with Crippen molar-refractivity contribution in [3.63, 3.8) is 0 Å². The van der Waals surface area contributed by atoms with Crippen molar-refractivity contribution in [2.75, 3.05) is 0 Å². The molecular weight excluding hydrogens is 202 g/mol. The number of carboxylic acid groups (broad SMARTS) is 2. The fourth-order valence-corrected chi connectivity index (χ4v) is 1.22. The van der Waals surface area contributed by atoms with Crippen molar-refractivity contribution in [2.45, 2.75) is 26.3 Å². The summed E-state index contributed by atoms with van der Waals surface area (Å²) >= 11 is 0. The van der Waals surface area contributed by atoms with Gasteiger partial charge in [0.2, 0.25) is 0 Å². The Morgan fingerprint density at radius 1 is 1.47 bits per heavy atom. The van der Waals surface area contributed by atoms with Crippen LogP contribution in [0, 0.1) is 0 Å². The van der Waals surface area contributed by atoms with Crippen LogP contribution in [0.5, 0.6) is 0 Å². The molecule has 0 bridgehead atoms. The zero-order chi connectivity index (χ0) is 11.6. The van der Waals surface area contributed by atoms with E-state index in [1.54, 1.807) is 6.92 Å². The van der Waals surface area contributed by atoms with Crippen molar-refractivity contribution in [2.24, 2.45) is 0 Å². The number of nitrogens with zero attached hydrogens (tertiary/aromatic N) is 3. The number of hydrogen-bond acceptors (Lipinski definition) is 4. The molecule has 0 fully saturated rings. The Labute approximate surface area is 85.3 Å². The maximum absolute atomic E-state index is 10.7. The zero-order valence-electron chi connectivity index (χ0n) is 8.34. The van der Waals surface area contributed by atoms with E-state index in [0.717, 1.165) is 4.68 Å². The molecule has 0 saturated heterocycles. The van der Waals surface area contributed by atoms with Gasteiger partial charge in [-0.05, 0) is 13.3 Å². The summed E-state index contributed by atoms with van der Waals surface area (Å²) in [6.45, 7) is 3.14. The van der Waals surface area contributed by atoms with Gasteiger partial charge < -0.3 is 10.2 Å². The van der Waals surface area contributed by atoms with Crippen molar-refractivity contribution >= 4 is 11.9 Å². The van der Waals surface area contributed by atoms with E-state index in [2.05, 4.69) is 10.3 Å². The van der Waals surface area contributed by atoms with Gasteiger partial charge in [0.05, 0.1) is 5.69 Å². The largest absolute Gasteiger partial charge is 0.480 e. The third kappa shape index (κ3) is 1.95. The highest BCUT2D eigenvalue weighted by Crippen LogP contribution is 2.12. The number of rotatable bonds is 4. The van der Waals surface area contributed by atoms with E-state index in [0.29, 0.717) is 12.1 Å². The summed E-state index contributed by atoms with van der Waals surface area (Å²) in [5, 5.41) is 24.5. The maximum atomic E-state index is 10.7. The standard InChI is InChI=1S/C8H11N3O4/c1-3-5-6(8(14)15)9-10-11(5)4(2)7(12)13/h4H,3H2,1-2H3,(H,12,13)(H,14,15). The molecule has 1 aromatic rings. The smallest absolute Gasteiger partial charge is 0.358 e. The topological polar surface area (TPSA) is 105 Å². The van der Waals surface area contributed by atoms with Gasteiger partial charge in [-0.3, -0.25) is 0 Å². The van der Waals surface area contributed by atoms with E-state index >= 15 is 0 Å². The van der Waals surface area contributed by atoms with Crippen LogP contribution in [0.15, 0.2) is 0 Å². The average Bonchev–Trinajstić information content (AvgIpc) is 2.59. The fraction of sp³-hybridized carbons (Fsp3) is 0.500. The molecule has 0 saturated carbocycles. The van der Waals surface area contributed by atoms with Crippen molar-refractivity contribution in [3.8, 4) is 0 Å². The van der Waals surface area contributed by atoms with Crippen LogP contribution in [-0.2, 0) is 11.2 Å². The number of aromatic carboxylic acids is 1. The first kappa shape index (κ1) is 11.2. The molecule has 0 aliphatic rings. The lowest BCUT2D eigenvalue weighted by molar-refractivity contribution is -0.140. The van der Waals surface area contributed by atoms with Gasteiger partial charge in [0.15, 0.2) is 5.69 Å². The molecule has 0 aliphatic carbocycles. The van der Waals surface area contributed by atoms with E-state index in [1.165, 1.54) is 6.92 Å². The summed E-state index contributed by atoms with van der Waals surface area (Å²) in [6, 6.07) is -0.916. The Hall–Kier alpha value is -1.92. The van der Waals surface area contributed by atoms with E-state index in [4.69, 9.17) is 10.2 Å². The fourth-order valence-electron chi connectivity index (χ4n) is 1.22. The summed E-state index contributed by atoms with van der Waals surface area (Å²) in [4.78, 5) is 21.4. The number of carbonyl (C=O) groups is 2. The second kappa shape index (κ2) is 4.07. The molecule has 0 aliphatic heterocycles. The van der Waals surface area contributed by atoms with Gasteiger partial charge in [-0.25, -0.2) is 14.3 Å². The van der Waals surface area contributed by atoms with Crippen LogP contribution in [-0.4, -0.2) is 37.1 Å². The minimum absolute atomic E-state index is 0.189. The minimum Gasteiger partial charge on any atom is -0.480 e. The summed E-state index contributed by atoms with van der Waals surface area (Å²) in [5.74, 6) is -2.28. The maximum Gasteiger partial charge on any atom is 0.358 e. The average molecular weight is 213 g/mol. The first-order chi connectivity index (χ1) is 6.99. The van der Waals surface area contributed by atoms with E-state index in [-0.39, 0.29) is 5.69 Å². The lowest BCUT2D eigenvalue weighted by Gasteiger charge is -2.08. The quantitative estimate of drug-likeness (QED) is 0.739. The molecule has 0 spiro atoms. The van der Waals surface area contributed by atoms with Gasteiger partial charge in [-0.15, -0.1) is 5.10 Å². The molecule has 2 N–H and O–H groups in total.